The van der Waals surface area contributed by atoms with Crippen molar-refractivity contribution in [1.82, 2.24) is 19.5 Å². The Hall–Kier alpha value is -3.29. The normalized spacial score (nSPS) is 11.0. The molecular weight excluding hydrogens is 387 g/mol. The summed E-state index contributed by atoms with van der Waals surface area (Å²) < 4.78 is 20.6. The number of hydrogen-bond acceptors (Lipinski definition) is 5. The summed E-state index contributed by atoms with van der Waals surface area (Å²) >= 11 is 0. The van der Waals surface area contributed by atoms with Gasteiger partial charge >= 0.3 is 5.97 Å². The van der Waals surface area contributed by atoms with Crippen molar-refractivity contribution < 1.29 is 18.7 Å². The van der Waals surface area contributed by atoms with E-state index in [9.17, 15) is 14.0 Å². The van der Waals surface area contributed by atoms with E-state index < -0.39 is 11.9 Å². The van der Waals surface area contributed by atoms with E-state index in [0.29, 0.717) is 12.0 Å². The summed E-state index contributed by atoms with van der Waals surface area (Å²) in [6, 6.07) is 8.15. The largest absolute Gasteiger partial charge is 0.456 e. The van der Waals surface area contributed by atoms with Crippen molar-refractivity contribution in [3.05, 3.63) is 64.4 Å². The fourth-order valence-corrected chi connectivity index (χ4v) is 3.32. The molecule has 0 unspecified atom stereocenters. The van der Waals surface area contributed by atoms with Gasteiger partial charge in [-0.25, -0.2) is 13.9 Å². The van der Waals surface area contributed by atoms with E-state index in [-0.39, 0.29) is 25.4 Å². The SMILES string of the molecule is Cc1cc2nc(C)c(CCC(=O)OCC(=O)N(C)Cc3ccccc3F)c(C)n2n1. The second-order valence-electron chi connectivity index (χ2n) is 7.32. The second-order valence-corrected chi connectivity index (χ2v) is 7.32. The number of likely N-dealkylation sites (N-methyl/N-ethyl adjacent to an activating group) is 1. The highest BCUT2D eigenvalue weighted by Crippen LogP contribution is 2.17. The molecule has 2 heterocycles. The van der Waals surface area contributed by atoms with Gasteiger partial charge in [-0.3, -0.25) is 9.59 Å². The predicted octanol–water partition coefficient (Wildman–Crippen LogP) is 2.93. The van der Waals surface area contributed by atoms with E-state index in [0.717, 1.165) is 28.3 Å². The molecule has 30 heavy (non-hydrogen) atoms. The molecule has 0 fully saturated rings. The summed E-state index contributed by atoms with van der Waals surface area (Å²) in [6.07, 6.45) is 0.566. The molecule has 8 heteroatoms. The summed E-state index contributed by atoms with van der Waals surface area (Å²) in [5, 5.41) is 4.42. The number of aromatic nitrogens is 3. The molecule has 0 atom stereocenters. The minimum atomic E-state index is -0.474. The Labute approximate surface area is 174 Å². The van der Waals surface area contributed by atoms with Crippen LogP contribution < -0.4 is 0 Å². The first-order valence-corrected chi connectivity index (χ1v) is 9.71. The number of esters is 1. The Morgan fingerprint density at radius 1 is 1.20 bits per heavy atom. The average molecular weight is 412 g/mol. The number of carbonyl (C=O) groups excluding carboxylic acids is 2. The van der Waals surface area contributed by atoms with Gasteiger partial charge in [-0.15, -0.1) is 0 Å². The van der Waals surface area contributed by atoms with Crippen LogP contribution in [-0.2, 0) is 27.3 Å². The summed E-state index contributed by atoms with van der Waals surface area (Å²) in [5.41, 5.74) is 4.76. The Kier molecular flexibility index (Phi) is 6.44. The lowest BCUT2D eigenvalue weighted by molar-refractivity contribution is -0.151. The third-order valence-electron chi connectivity index (χ3n) is 5.01. The van der Waals surface area contributed by atoms with Gasteiger partial charge in [0.05, 0.1) is 5.69 Å². The van der Waals surface area contributed by atoms with Crippen molar-refractivity contribution in [2.24, 2.45) is 0 Å². The number of hydrogen-bond donors (Lipinski definition) is 0. The predicted molar refractivity (Wildman–Crippen MR) is 109 cm³/mol. The zero-order valence-electron chi connectivity index (χ0n) is 17.6. The number of ether oxygens (including phenoxy) is 1. The van der Waals surface area contributed by atoms with Gasteiger partial charge in [0.25, 0.3) is 5.91 Å². The molecule has 0 radical (unpaired) electrons. The number of fused-ring (bicyclic) bond motifs is 1. The number of aryl methyl sites for hydroxylation is 3. The van der Waals surface area contributed by atoms with Crippen LogP contribution in [0.3, 0.4) is 0 Å². The average Bonchev–Trinajstić information content (AvgIpc) is 3.07. The highest BCUT2D eigenvalue weighted by molar-refractivity contribution is 5.80. The quantitative estimate of drug-likeness (QED) is 0.558. The topological polar surface area (TPSA) is 76.8 Å². The number of benzene rings is 1. The molecule has 0 spiro atoms. The van der Waals surface area contributed by atoms with Crippen LogP contribution in [0.4, 0.5) is 4.39 Å². The molecule has 1 amide bonds. The van der Waals surface area contributed by atoms with Crippen LogP contribution in [-0.4, -0.2) is 45.0 Å². The fraction of sp³-hybridized carbons (Fsp3) is 0.364. The Morgan fingerprint density at radius 2 is 1.93 bits per heavy atom. The lowest BCUT2D eigenvalue weighted by atomic mass is 10.1. The Balaban J connectivity index is 1.53. The second kappa shape index (κ2) is 9.02. The number of halogens is 1. The van der Waals surface area contributed by atoms with Gasteiger partial charge in [0.1, 0.15) is 5.82 Å². The van der Waals surface area contributed by atoms with E-state index in [2.05, 4.69) is 10.1 Å². The lowest BCUT2D eigenvalue weighted by Gasteiger charge is -2.17. The molecule has 1 aromatic carbocycles. The van der Waals surface area contributed by atoms with Gasteiger partial charge in [-0.05, 0) is 38.8 Å². The number of amides is 1. The van der Waals surface area contributed by atoms with Crippen molar-refractivity contribution in [3.8, 4) is 0 Å². The van der Waals surface area contributed by atoms with Gasteiger partial charge < -0.3 is 9.64 Å². The van der Waals surface area contributed by atoms with Crippen LogP contribution in [0.1, 0.15) is 34.6 Å². The van der Waals surface area contributed by atoms with Gasteiger partial charge in [-0.1, -0.05) is 18.2 Å². The smallest absolute Gasteiger partial charge is 0.306 e. The highest BCUT2D eigenvalue weighted by atomic mass is 19.1. The Bertz CT molecular complexity index is 1090. The molecule has 0 N–H and O–H groups in total. The lowest BCUT2D eigenvalue weighted by Crippen LogP contribution is -2.31. The molecular formula is C22H25FN4O3. The van der Waals surface area contributed by atoms with Crippen molar-refractivity contribution in [2.45, 2.75) is 40.2 Å². The minimum Gasteiger partial charge on any atom is -0.456 e. The molecule has 3 rings (SSSR count). The molecule has 0 saturated heterocycles. The zero-order valence-corrected chi connectivity index (χ0v) is 17.6. The monoisotopic (exact) mass is 412 g/mol. The highest BCUT2D eigenvalue weighted by Gasteiger charge is 2.16. The zero-order chi connectivity index (χ0) is 21.8. The van der Waals surface area contributed by atoms with E-state index in [1.54, 1.807) is 29.8 Å². The molecule has 0 bridgehead atoms. The Morgan fingerprint density at radius 3 is 2.67 bits per heavy atom. The summed E-state index contributed by atoms with van der Waals surface area (Å²) in [5.74, 6) is -1.25. The van der Waals surface area contributed by atoms with Crippen LogP contribution in [0.5, 0.6) is 0 Å². The number of carbonyl (C=O) groups is 2. The third kappa shape index (κ3) is 4.82. The number of nitrogens with zero attached hydrogens (tertiary/aromatic N) is 4. The summed E-state index contributed by atoms with van der Waals surface area (Å²) in [7, 11) is 1.54. The van der Waals surface area contributed by atoms with Crippen LogP contribution in [0.2, 0.25) is 0 Å². The van der Waals surface area contributed by atoms with Gasteiger partial charge in [0.15, 0.2) is 12.3 Å². The minimum absolute atomic E-state index is 0.108. The van der Waals surface area contributed by atoms with E-state index in [4.69, 9.17) is 4.74 Å². The summed E-state index contributed by atoms with van der Waals surface area (Å²) in [6.45, 7) is 5.47. The van der Waals surface area contributed by atoms with E-state index >= 15 is 0 Å². The van der Waals surface area contributed by atoms with Gasteiger partial charge in [-0.2, -0.15) is 5.10 Å². The first kappa shape index (κ1) is 21.4. The summed E-state index contributed by atoms with van der Waals surface area (Å²) in [4.78, 5) is 30.2. The third-order valence-corrected chi connectivity index (χ3v) is 5.01. The first-order valence-electron chi connectivity index (χ1n) is 9.71. The van der Waals surface area contributed by atoms with Crippen molar-refractivity contribution in [2.75, 3.05) is 13.7 Å². The van der Waals surface area contributed by atoms with Crippen molar-refractivity contribution >= 4 is 17.5 Å². The van der Waals surface area contributed by atoms with E-state index in [1.165, 1.54) is 11.0 Å². The molecule has 2 aromatic heterocycles. The molecule has 0 saturated carbocycles. The van der Waals surface area contributed by atoms with Gasteiger partial charge in [0.2, 0.25) is 0 Å². The maximum Gasteiger partial charge on any atom is 0.306 e. The fourth-order valence-electron chi connectivity index (χ4n) is 3.32. The van der Waals surface area contributed by atoms with Crippen LogP contribution in [0, 0.1) is 26.6 Å². The molecule has 158 valence electrons. The molecule has 7 nitrogen and oxygen atoms in total. The molecule has 0 aliphatic rings. The maximum atomic E-state index is 13.7. The molecule has 3 aromatic rings. The molecule has 0 aliphatic carbocycles. The number of rotatable bonds is 7. The van der Waals surface area contributed by atoms with Crippen molar-refractivity contribution in [3.63, 3.8) is 0 Å². The van der Waals surface area contributed by atoms with Crippen LogP contribution >= 0.6 is 0 Å². The van der Waals surface area contributed by atoms with Gasteiger partial charge in [0, 0.05) is 43.0 Å². The molecule has 0 aliphatic heterocycles. The van der Waals surface area contributed by atoms with E-state index in [1.807, 2.05) is 26.8 Å². The van der Waals surface area contributed by atoms with Crippen LogP contribution in [0.25, 0.3) is 5.65 Å². The van der Waals surface area contributed by atoms with Crippen LogP contribution in [0.15, 0.2) is 30.3 Å². The first-order chi connectivity index (χ1) is 14.3. The van der Waals surface area contributed by atoms with Crippen molar-refractivity contribution in [1.29, 1.82) is 0 Å². The maximum absolute atomic E-state index is 13.7. The standard InChI is InChI=1S/C22H25FN4O3/c1-14-11-20-24-15(2)18(16(3)27(20)25-14)9-10-22(29)30-13-21(28)26(4)12-17-7-5-6-8-19(17)23/h5-8,11H,9-10,12-13H2,1-4H3.